The molecule has 21 heavy (non-hydrogen) atoms. The first-order chi connectivity index (χ1) is 9.79. The molecule has 0 radical (unpaired) electrons. The van der Waals surface area contributed by atoms with Crippen LogP contribution in [-0.4, -0.2) is 8.42 Å². The molecule has 0 unspecified atom stereocenters. The molecule has 0 aliphatic carbocycles. The van der Waals surface area contributed by atoms with Crippen molar-refractivity contribution in [2.24, 2.45) is 0 Å². The third kappa shape index (κ3) is 3.96. The molecule has 0 saturated carbocycles. The van der Waals surface area contributed by atoms with Crippen LogP contribution < -0.4 is 4.74 Å². The summed E-state index contributed by atoms with van der Waals surface area (Å²) in [5.41, 5.74) is 1.28. The lowest BCUT2D eigenvalue weighted by atomic mass is 10.2. The van der Waals surface area contributed by atoms with Crippen LogP contribution in [-0.2, 0) is 15.7 Å². The first kappa shape index (κ1) is 16.3. The quantitative estimate of drug-likeness (QED) is 0.723. The smallest absolute Gasteiger partial charge is 0.261 e. The Morgan fingerprint density at radius 2 is 2.00 bits per heavy atom. The van der Waals surface area contributed by atoms with Gasteiger partial charge < -0.3 is 4.74 Å². The first-order valence-electron chi connectivity index (χ1n) is 5.90. The summed E-state index contributed by atoms with van der Waals surface area (Å²) in [5, 5.41) is 0. The Hall–Kier alpha value is -1.11. The summed E-state index contributed by atoms with van der Waals surface area (Å²) in [6, 6.07) is 9.00. The maximum Gasteiger partial charge on any atom is 0.261 e. The number of rotatable bonds is 4. The van der Waals surface area contributed by atoms with Crippen molar-refractivity contribution in [2.75, 3.05) is 0 Å². The van der Waals surface area contributed by atoms with E-state index >= 15 is 0 Å². The van der Waals surface area contributed by atoms with Crippen molar-refractivity contribution in [3.05, 3.63) is 57.8 Å². The normalized spacial score (nSPS) is 11.4. The molecule has 0 N–H and O–H groups in total. The van der Waals surface area contributed by atoms with E-state index in [1.807, 2.05) is 0 Å². The summed E-state index contributed by atoms with van der Waals surface area (Å²) in [4.78, 5) is 0.0148. The van der Waals surface area contributed by atoms with Gasteiger partial charge in [-0.15, -0.1) is 0 Å². The Balaban J connectivity index is 2.19. The topological polar surface area (TPSA) is 43.4 Å². The van der Waals surface area contributed by atoms with Crippen LogP contribution in [0.3, 0.4) is 0 Å². The van der Waals surface area contributed by atoms with Crippen LogP contribution in [0.4, 0.5) is 4.39 Å². The lowest BCUT2D eigenvalue weighted by molar-refractivity contribution is 0.302. The van der Waals surface area contributed by atoms with Crippen molar-refractivity contribution in [3.63, 3.8) is 0 Å². The fourth-order valence-corrected chi connectivity index (χ4v) is 2.97. The van der Waals surface area contributed by atoms with Crippen molar-refractivity contribution in [1.29, 1.82) is 0 Å². The van der Waals surface area contributed by atoms with Gasteiger partial charge in [-0.3, -0.25) is 0 Å². The van der Waals surface area contributed by atoms with Crippen molar-refractivity contribution in [2.45, 2.75) is 18.4 Å². The summed E-state index contributed by atoms with van der Waals surface area (Å²) in [6.45, 7) is 1.87. The van der Waals surface area contributed by atoms with E-state index in [9.17, 15) is 12.8 Å². The highest BCUT2D eigenvalue weighted by Crippen LogP contribution is 2.26. The molecule has 0 fully saturated rings. The van der Waals surface area contributed by atoms with E-state index in [1.165, 1.54) is 24.3 Å². The largest absolute Gasteiger partial charge is 0.489 e. The van der Waals surface area contributed by atoms with E-state index in [0.29, 0.717) is 21.3 Å². The number of benzene rings is 2. The zero-order chi connectivity index (χ0) is 15.6. The minimum Gasteiger partial charge on any atom is -0.489 e. The zero-order valence-corrected chi connectivity index (χ0v) is 14.1. The van der Waals surface area contributed by atoms with E-state index in [4.69, 9.17) is 15.4 Å². The standard InChI is InChI=1S/C14H11BrClFO3S/c1-9-7-11(21(16,18)19)5-6-13(9)20-8-10-3-2-4-12(17)14(10)15/h2-7H,8H2,1H3. The molecule has 0 amide bonds. The number of ether oxygens (including phenoxy) is 1. The molecule has 2 aromatic carbocycles. The third-order valence-electron chi connectivity index (χ3n) is 2.84. The predicted molar refractivity (Wildman–Crippen MR) is 82.6 cm³/mol. The van der Waals surface area contributed by atoms with Crippen LogP contribution in [0.5, 0.6) is 5.75 Å². The maximum absolute atomic E-state index is 13.4. The Labute approximate surface area is 135 Å². The Morgan fingerprint density at radius 3 is 2.62 bits per heavy atom. The highest BCUT2D eigenvalue weighted by molar-refractivity contribution is 9.10. The molecule has 0 heterocycles. The summed E-state index contributed by atoms with van der Waals surface area (Å²) in [7, 11) is 1.52. The second-order valence-electron chi connectivity index (χ2n) is 4.37. The Bertz CT molecular complexity index is 778. The number of halogens is 3. The summed E-state index contributed by atoms with van der Waals surface area (Å²) in [5.74, 6) is 0.145. The van der Waals surface area contributed by atoms with Gasteiger partial charge in [0.05, 0.1) is 9.37 Å². The van der Waals surface area contributed by atoms with Crippen LogP contribution in [0.2, 0.25) is 0 Å². The summed E-state index contributed by atoms with van der Waals surface area (Å²) in [6.07, 6.45) is 0. The fraction of sp³-hybridized carbons (Fsp3) is 0.143. The number of aryl methyl sites for hydroxylation is 1. The second kappa shape index (κ2) is 6.34. The molecule has 0 saturated heterocycles. The minimum absolute atomic E-state index is 0.0148. The van der Waals surface area contributed by atoms with E-state index < -0.39 is 9.05 Å². The van der Waals surface area contributed by atoms with E-state index in [1.54, 1.807) is 19.1 Å². The van der Waals surface area contributed by atoms with Crippen molar-refractivity contribution < 1.29 is 17.5 Å². The molecular formula is C14H11BrClFO3S. The molecule has 0 bridgehead atoms. The maximum atomic E-state index is 13.4. The van der Waals surface area contributed by atoms with Crippen molar-refractivity contribution in [3.8, 4) is 5.75 Å². The van der Waals surface area contributed by atoms with Gasteiger partial charge in [0.25, 0.3) is 9.05 Å². The average Bonchev–Trinajstić information content (AvgIpc) is 2.40. The molecule has 2 aromatic rings. The number of hydrogen-bond donors (Lipinski definition) is 0. The lowest BCUT2D eigenvalue weighted by Crippen LogP contribution is -2.00. The van der Waals surface area contributed by atoms with Gasteiger partial charge in [0.1, 0.15) is 18.2 Å². The highest BCUT2D eigenvalue weighted by atomic mass is 79.9. The van der Waals surface area contributed by atoms with Gasteiger partial charge >= 0.3 is 0 Å². The number of hydrogen-bond acceptors (Lipinski definition) is 3. The van der Waals surface area contributed by atoms with Gasteiger partial charge in [-0.1, -0.05) is 12.1 Å². The van der Waals surface area contributed by atoms with Crippen molar-refractivity contribution in [1.82, 2.24) is 0 Å². The molecule has 0 aliphatic heterocycles. The molecule has 7 heteroatoms. The average molecular weight is 394 g/mol. The lowest BCUT2D eigenvalue weighted by Gasteiger charge is -2.11. The fourth-order valence-electron chi connectivity index (χ4n) is 1.75. The van der Waals surface area contributed by atoms with Crippen molar-refractivity contribution >= 4 is 35.7 Å². The monoisotopic (exact) mass is 392 g/mol. The van der Waals surface area contributed by atoms with Crippen LogP contribution in [0, 0.1) is 12.7 Å². The predicted octanol–water partition coefficient (Wildman–Crippen LogP) is 4.40. The molecule has 112 valence electrons. The molecule has 0 spiro atoms. The van der Waals surface area contributed by atoms with Gasteiger partial charge in [-0.2, -0.15) is 0 Å². The molecule has 0 aromatic heterocycles. The first-order valence-corrected chi connectivity index (χ1v) is 9.00. The summed E-state index contributed by atoms with van der Waals surface area (Å²) < 4.78 is 41.8. The Morgan fingerprint density at radius 1 is 1.29 bits per heavy atom. The zero-order valence-electron chi connectivity index (χ0n) is 10.9. The molecule has 3 nitrogen and oxygen atoms in total. The van der Waals surface area contributed by atoms with Crippen LogP contribution in [0.1, 0.15) is 11.1 Å². The summed E-state index contributed by atoms with van der Waals surface area (Å²) >= 11 is 3.16. The molecule has 2 rings (SSSR count). The van der Waals surface area contributed by atoms with E-state index in [2.05, 4.69) is 15.9 Å². The molecule has 0 aliphatic rings. The molecule has 0 atom stereocenters. The molecular weight excluding hydrogens is 383 g/mol. The SMILES string of the molecule is Cc1cc(S(=O)(=O)Cl)ccc1OCc1cccc(F)c1Br. The van der Waals surface area contributed by atoms with E-state index in [-0.39, 0.29) is 17.3 Å². The van der Waals surface area contributed by atoms with Crippen LogP contribution in [0.25, 0.3) is 0 Å². The van der Waals surface area contributed by atoms with Gasteiger partial charge in [0, 0.05) is 16.2 Å². The van der Waals surface area contributed by atoms with Gasteiger partial charge in [-0.25, -0.2) is 12.8 Å². The second-order valence-corrected chi connectivity index (χ2v) is 7.73. The Kier molecular flexibility index (Phi) is 4.91. The van der Waals surface area contributed by atoms with Crippen LogP contribution in [0.15, 0.2) is 45.8 Å². The van der Waals surface area contributed by atoms with E-state index in [0.717, 1.165) is 0 Å². The highest BCUT2D eigenvalue weighted by Gasteiger charge is 2.12. The van der Waals surface area contributed by atoms with Gasteiger partial charge in [0.15, 0.2) is 0 Å². The van der Waals surface area contributed by atoms with Gasteiger partial charge in [-0.05, 0) is 52.7 Å². The van der Waals surface area contributed by atoms with Crippen LogP contribution >= 0.6 is 26.6 Å². The van der Waals surface area contributed by atoms with Gasteiger partial charge in [0.2, 0.25) is 0 Å². The minimum atomic E-state index is -3.76. The third-order valence-corrected chi connectivity index (χ3v) is 5.08.